The second-order valence-corrected chi connectivity index (χ2v) is 6.20. The smallest absolute Gasteiger partial charge is 0.329 e. The lowest BCUT2D eigenvalue weighted by molar-refractivity contribution is -0.155. The van der Waals surface area contributed by atoms with Crippen LogP contribution in [-0.2, 0) is 9.59 Å². The Morgan fingerprint density at radius 1 is 1.48 bits per heavy atom. The third-order valence-electron chi connectivity index (χ3n) is 3.78. The maximum Gasteiger partial charge on any atom is 0.329 e. The molecule has 114 valence electrons. The summed E-state index contributed by atoms with van der Waals surface area (Å²) in [6, 6.07) is 7.37. The molecule has 1 aromatic rings. The Morgan fingerprint density at radius 2 is 2.24 bits per heavy atom. The molecule has 1 N–H and O–H groups in total. The second kappa shape index (κ2) is 6.47. The first-order valence-electron chi connectivity index (χ1n) is 6.86. The molecule has 5 nitrogen and oxygen atoms in total. The van der Waals surface area contributed by atoms with Gasteiger partial charge in [-0.2, -0.15) is 0 Å². The Labute approximate surface area is 132 Å². The van der Waals surface area contributed by atoms with E-state index >= 15 is 0 Å². The van der Waals surface area contributed by atoms with Crippen molar-refractivity contribution in [3.63, 3.8) is 0 Å². The van der Waals surface area contributed by atoms with Crippen LogP contribution in [0.25, 0.3) is 0 Å². The average Bonchev–Trinajstić information content (AvgIpc) is 2.82. The van der Waals surface area contributed by atoms with Crippen molar-refractivity contribution in [2.45, 2.75) is 31.7 Å². The van der Waals surface area contributed by atoms with Crippen molar-refractivity contribution in [3.05, 3.63) is 28.7 Å². The highest BCUT2D eigenvalue weighted by Gasteiger charge is 2.45. The van der Waals surface area contributed by atoms with E-state index in [4.69, 9.17) is 4.74 Å². The van der Waals surface area contributed by atoms with E-state index in [1.807, 2.05) is 24.3 Å². The van der Waals surface area contributed by atoms with Gasteiger partial charge in [-0.05, 0) is 38.0 Å². The number of carbonyl (C=O) groups excluding carboxylic acids is 1. The van der Waals surface area contributed by atoms with Crippen molar-refractivity contribution in [3.8, 4) is 5.75 Å². The normalized spacial score (nSPS) is 21.3. The number of likely N-dealkylation sites (tertiary alicyclic amines) is 1. The molecule has 1 unspecified atom stereocenters. The fraction of sp³-hybridized carbons (Fsp3) is 0.467. The molecule has 0 radical (unpaired) electrons. The first kappa shape index (κ1) is 15.8. The van der Waals surface area contributed by atoms with Crippen LogP contribution in [0.3, 0.4) is 0 Å². The minimum Gasteiger partial charge on any atom is -0.493 e. The lowest BCUT2D eigenvalue weighted by atomic mass is 9.99. The predicted octanol–water partition coefficient (Wildman–Crippen LogP) is 2.68. The number of carbonyl (C=O) groups is 2. The molecule has 0 bridgehead atoms. The fourth-order valence-electron chi connectivity index (χ4n) is 2.53. The topological polar surface area (TPSA) is 66.8 Å². The van der Waals surface area contributed by atoms with Gasteiger partial charge in [0.1, 0.15) is 11.3 Å². The Morgan fingerprint density at radius 3 is 2.90 bits per heavy atom. The van der Waals surface area contributed by atoms with E-state index in [1.165, 1.54) is 4.90 Å². The van der Waals surface area contributed by atoms with Gasteiger partial charge in [0.05, 0.1) is 13.0 Å². The molecule has 1 saturated heterocycles. The minimum atomic E-state index is -1.08. The maximum absolute atomic E-state index is 12.2. The maximum atomic E-state index is 12.2. The van der Waals surface area contributed by atoms with Gasteiger partial charge < -0.3 is 14.7 Å². The monoisotopic (exact) mass is 355 g/mol. The van der Waals surface area contributed by atoms with Crippen molar-refractivity contribution >= 4 is 27.8 Å². The second-order valence-electron chi connectivity index (χ2n) is 5.28. The van der Waals surface area contributed by atoms with Crippen molar-refractivity contribution in [2.24, 2.45) is 0 Å². The van der Waals surface area contributed by atoms with E-state index < -0.39 is 11.5 Å². The molecular formula is C15H18BrNO4. The molecule has 1 aliphatic heterocycles. The molecule has 1 amide bonds. The van der Waals surface area contributed by atoms with Crippen LogP contribution >= 0.6 is 15.9 Å². The van der Waals surface area contributed by atoms with Gasteiger partial charge in [0.2, 0.25) is 5.91 Å². The molecule has 0 saturated carbocycles. The largest absolute Gasteiger partial charge is 0.493 e. The number of carboxylic acids is 1. The van der Waals surface area contributed by atoms with Crippen LogP contribution in [0.5, 0.6) is 5.75 Å². The van der Waals surface area contributed by atoms with Gasteiger partial charge in [0, 0.05) is 11.0 Å². The molecular weight excluding hydrogens is 338 g/mol. The molecule has 1 atom stereocenters. The lowest BCUT2D eigenvalue weighted by Gasteiger charge is -2.31. The van der Waals surface area contributed by atoms with Crippen molar-refractivity contribution in [1.29, 1.82) is 0 Å². The predicted molar refractivity (Wildman–Crippen MR) is 81.2 cm³/mol. The molecule has 1 aliphatic rings. The molecule has 2 rings (SSSR count). The lowest BCUT2D eigenvalue weighted by Crippen LogP contribution is -2.51. The van der Waals surface area contributed by atoms with Crippen LogP contribution in [0, 0.1) is 0 Å². The van der Waals surface area contributed by atoms with Crippen LogP contribution in [0.4, 0.5) is 0 Å². The van der Waals surface area contributed by atoms with E-state index in [2.05, 4.69) is 15.9 Å². The summed E-state index contributed by atoms with van der Waals surface area (Å²) < 4.78 is 6.43. The van der Waals surface area contributed by atoms with Crippen LogP contribution in [0.15, 0.2) is 28.7 Å². The fourth-order valence-corrected chi connectivity index (χ4v) is 2.91. The number of carboxylic acid groups (broad SMARTS) is 1. The van der Waals surface area contributed by atoms with Gasteiger partial charge in [-0.15, -0.1) is 0 Å². The number of rotatable bonds is 5. The summed E-state index contributed by atoms with van der Waals surface area (Å²) in [7, 11) is 0. The van der Waals surface area contributed by atoms with Crippen molar-refractivity contribution in [2.75, 3.05) is 13.2 Å². The third kappa shape index (κ3) is 3.56. The Balaban J connectivity index is 1.89. The average molecular weight is 356 g/mol. The first-order valence-corrected chi connectivity index (χ1v) is 7.65. The summed E-state index contributed by atoms with van der Waals surface area (Å²) in [5, 5.41) is 9.30. The van der Waals surface area contributed by atoms with E-state index in [0.29, 0.717) is 18.7 Å². The Kier molecular flexibility index (Phi) is 4.88. The van der Waals surface area contributed by atoms with Crippen LogP contribution in [0.2, 0.25) is 0 Å². The van der Waals surface area contributed by atoms with Gasteiger partial charge in [-0.1, -0.05) is 22.0 Å². The van der Waals surface area contributed by atoms with Gasteiger partial charge >= 0.3 is 5.97 Å². The summed E-state index contributed by atoms with van der Waals surface area (Å²) in [4.78, 5) is 25.0. The van der Waals surface area contributed by atoms with Crippen LogP contribution in [-0.4, -0.2) is 40.6 Å². The summed E-state index contributed by atoms with van der Waals surface area (Å²) in [6.07, 6.45) is 1.40. The molecule has 0 aliphatic carbocycles. The first-order chi connectivity index (χ1) is 9.93. The molecule has 1 fully saturated rings. The summed E-state index contributed by atoms with van der Waals surface area (Å²) >= 11 is 3.35. The van der Waals surface area contributed by atoms with Gasteiger partial charge in [-0.3, -0.25) is 4.79 Å². The van der Waals surface area contributed by atoms with Gasteiger partial charge in [0.25, 0.3) is 0 Å². The Hall–Kier alpha value is -1.56. The number of amides is 1. The standard InChI is InChI=1S/C15H18BrNO4/c1-15(14(19)20)7-3-8-17(15)13(18)6-9-21-12-5-2-4-11(16)10-12/h2,4-5,10H,3,6-9H2,1H3,(H,19,20). The molecule has 6 heteroatoms. The molecule has 0 spiro atoms. The zero-order valence-electron chi connectivity index (χ0n) is 11.8. The Bertz CT molecular complexity index is 548. The summed E-state index contributed by atoms with van der Waals surface area (Å²) in [5.41, 5.74) is -1.08. The highest BCUT2D eigenvalue weighted by Crippen LogP contribution is 2.29. The van der Waals surface area contributed by atoms with Gasteiger partial charge in [0.15, 0.2) is 0 Å². The number of aliphatic carboxylic acids is 1. The number of benzene rings is 1. The number of hydrogen-bond donors (Lipinski definition) is 1. The van der Waals surface area contributed by atoms with Crippen LogP contribution in [0.1, 0.15) is 26.2 Å². The summed E-state index contributed by atoms with van der Waals surface area (Å²) in [5.74, 6) is -0.437. The van der Waals surface area contributed by atoms with Gasteiger partial charge in [-0.25, -0.2) is 4.79 Å². The van der Waals surface area contributed by atoms with E-state index in [0.717, 1.165) is 10.9 Å². The summed E-state index contributed by atoms with van der Waals surface area (Å²) in [6.45, 7) is 2.34. The number of hydrogen-bond acceptors (Lipinski definition) is 3. The number of nitrogens with zero attached hydrogens (tertiary/aromatic N) is 1. The van der Waals surface area contributed by atoms with E-state index in [9.17, 15) is 14.7 Å². The minimum absolute atomic E-state index is 0.174. The molecule has 1 heterocycles. The van der Waals surface area contributed by atoms with E-state index in [1.54, 1.807) is 6.92 Å². The van der Waals surface area contributed by atoms with Crippen molar-refractivity contribution in [1.82, 2.24) is 4.90 Å². The third-order valence-corrected chi connectivity index (χ3v) is 4.28. The zero-order chi connectivity index (χ0) is 15.5. The highest BCUT2D eigenvalue weighted by atomic mass is 79.9. The molecule has 0 aromatic heterocycles. The quantitative estimate of drug-likeness (QED) is 0.881. The number of halogens is 1. The van der Waals surface area contributed by atoms with Crippen LogP contribution < -0.4 is 4.74 Å². The molecule has 21 heavy (non-hydrogen) atoms. The SMILES string of the molecule is CC1(C(=O)O)CCCN1C(=O)CCOc1cccc(Br)c1. The van der Waals surface area contributed by atoms with E-state index in [-0.39, 0.29) is 18.9 Å². The zero-order valence-corrected chi connectivity index (χ0v) is 13.4. The molecule has 1 aromatic carbocycles. The highest BCUT2D eigenvalue weighted by molar-refractivity contribution is 9.10. The number of ether oxygens (including phenoxy) is 1. The van der Waals surface area contributed by atoms with Crippen molar-refractivity contribution < 1.29 is 19.4 Å².